The first-order chi connectivity index (χ1) is 15.6. The van der Waals surface area contributed by atoms with E-state index < -0.39 is 0 Å². The molecule has 4 rings (SSSR count). The smallest absolute Gasteiger partial charge is 0.276 e. The Bertz CT molecular complexity index is 927. The number of hydrogen-bond donors (Lipinski definition) is 0. The largest absolute Gasteiger partial charge is 0.360 e. The van der Waals surface area contributed by atoms with Gasteiger partial charge in [0, 0.05) is 64.1 Å². The molecule has 2 amide bonds. The van der Waals surface area contributed by atoms with Crippen LogP contribution >= 0.6 is 0 Å². The van der Waals surface area contributed by atoms with Crippen LogP contribution in [0.2, 0.25) is 0 Å². The third-order valence-corrected chi connectivity index (χ3v) is 6.36. The van der Waals surface area contributed by atoms with Gasteiger partial charge >= 0.3 is 0 Å². The summed E-state index contributed by atoms with van der Waals surface area (Å²) >= 11 is 0. The molecule has 0 saturated carbocycles. The van der Waals surface area contributed by atoms with Crippen molar-refractivity contribution in [1.82, 2.24) is 30.0 Å². The number of aromatic nitrogens is 3. The van der Waals surface area contributed by atoms with E-state index in [1.807, 2.05) is 18.7 Å². The monoisotopic (exact) mass is 444 g/mol. The summed E-state index contributed by atoms with van der Waals surface area (Å²) in [6, 6.07) is 0. The molecule has 0 spiro atoms. The molecule has 2 aromatic rings. The Kier molecular flexibility index (Phi) is 7.19. The van der Waals surface area contributed by atoms with Crippen molar-refractivity contribution in [2.45, 2.75) is 58.9 Å². The summed E-state index contributed by atoms with van der Waals surface area (Å²) in [6.07, 6.45) is 4.75. The molecule has 174 valence electrons. The van der Waals surface area contributed by atoms with Gasteiger partial charge in [-0.2, -0.15) is 4.98 Å². The Morgan fingerprint density at radius 3 is 2.50 bits per heavy atom. The maximum Gasteiger partial charge on any atom is 0.276 e. The van der Waals surface area contributed by atoms with Gasteiger partial charge in [-0.1, -0.05) is 10.3 Å². The topological polar surface area (TPSA) is 109 Å². The number of piperazine rings is 1. The highest BCUT2D eigenvalue weighted by Gasteiger charge is 2.29. The molecule has 1 aliphatic heterocycles. The average Bonchev–Trinajstić information content (AvgIpc) is 3.45. The van der Waals surface area contributed by atoms with Crippen LogP contribution in [0.4, 0.5) is 0 Å². The van der Waals surface area contributed by atoms with Gasteiger partial charge in [0.1, 0.15) is 5.76 Å². The van der Waals surface area contributed by atoms with Crippen molar-refractivity contribution in [3.8, 4) is 0 Å². The highest BCUT2D eigenvalue weighted by molar-refractivity contribution is 5.94. The highest BCUT2D eigenvalue weighted by Crippen LogP contribution is 2.25. The molecule has 0 unspecified atom stereocenters. The first kappa shape index (κ1) is 22.4. The third-order valence-electron chi connectivity index (χ3n) is 6.36. The van der Waals surface area contributed by atoms with Crippen LogP contribution in [0.15, 0.2) is 9.05 Å². The number of nitrogens with zero attached hydrogens (tertiary/aromatic N) is 6. The SMILES string of the molecule is CCN(CC)C(=O)CCc1nc(CN2CCN(C(=O)c3noc4c3CCCC4)CC2)no1. The summed E-state index contributed by atoms with van der Waals surface area (Å²) < 4.78 is 10.7. The molecule has 0 atom stereocenters. The van der Waals surface area contributed by atoms with Crippen LogP contribution in [0, 0.1) is 0 Å². The van der Waals surface area contributed by atoms with Gasteiger partial charge in [-0.05, 0) is 33.1 Å². The number of rotatable bonds is 8. The molecule has 2 aromatic heterocycles. The molecule has 10 heteroatoms. The molecule has 32 heavy (non-hydrogen) atoms. The predicted molar refractivity (Wildman–Crippen MR) is 115 cm³/mol. The number of amides is 2. The summed E-state index contributed by atoms with van der Waals surface area (Å²) in [5, 5.41) is 8.14. The first-order valence-corrected chi connectivity index (χ1v) is 11.7. The maximum absolute atomic E-state index is 12.9. The summed E-state index contributed by atoms with van der Waals surface area (Å²) in [7, 11) is 0. The van der Waals surface area contributed by atoms with Crippen LogP contribution in [0.25, 0.3) is 0 Å². The first-order valence-electron chi connectivity index (χ1n) is 11.7. The zero-order chi connectivity index (χ0) is 22.5. The van der Waals surface area contributed by atoms with Crippen molar-refractivity contribution >= 4 is 11.8 Å². The molecule has 10 nitrogen and oxygen atoms in total. The van der Waals surface area contributed by atoms with Gasteiger partial charge in [0.15, 0.2) is 11.5 Å². The van der Waals surface area contributed by atoms with Crippen LogP contribution in [0.1, 0.15) is 66.6 Å². The second kappa shape index (κ2) is 10.2. The number of hydrogen-bond acceptors (Lipinski definition) is 8. The van der Waals surface area contributed by atoms with Gasteiger partial charge in [0.05, 0.1) is 6.54 Å². The lowest BCUT2D eigenvalue weighted by Gasteiger charge is -2.33. The Balaban J connectivity index is 1.24. The Morgan fingerprint density at radius 1 is 1.00 bits per heavy atom. The van der Waals surface area contributed by atoms with Crippen molar-refractivity contribution in [3.63, 3.8) is 0 Å². The zero-order valence-electron chi connectivity index (χ0n) is 19.0. The molecule has 1 fully saturated rings. The summed E-state index contributed by atoms with van der Waals surface area (Å²) in [5.41, 5.74) is 1.50. The van der Waals surface area contributed by atoms with E-state index in [0.29, 0.717) is 63.0 Å². The fourth-order valence-corrected chi connectivity index (χ4v) is 4.42. The minimum absolute atomic E-state index is 0.0312. The number of carbonyl (C=O) groups excluding carboxylic acids is 2. The van der Waals surface area contributed by atoms with Crippen molar-refractivity contribution in [1.29, 1.82) is 0 Å². The van der Waals surface area contributed by atoms with Gasteiger partial charge in [0.25, 0.3) is 5.91 Å². The number of carbonyl (C=O) groups is 2. The van der Waals surface area contributed by atoms with E-state index in [0.717, 1.165) is 50.1 Å². The summed E-state index contributed by atoms with van der Waals surface area (Å²) in [4.78, 5) is 35.4. The van der Waals surface area contributed by atoms with E-state index in [1.54, 1.807) is 4.90 Å². The standard InChI is InChI=1S/C22H32N6O4/c1-3-27(4-2)20(29)10-9-19-23-18(24-32-19)15-26-11-13-28(14-12-26)22(30)21-16-7-5-6-8-17(16)31-25-21/h3-15H2,1-2H3. The lowest BCUT2D eigenvalue weighted by atomic mass is 9.96. The highest BCUT2D eigenvalue weighted by atomic mass is 16.5. The zero-order valence-corrected chi connectivity index (χ0v) is 19.0. The maximum atomic E-state index is 12.9. The van der Waals surface area contributed by atoms with Crippen LogP contribution in [0.5, 0.6) is 0 Å². The van der Waals surface area contributed by atoms with Crippen LogP contribution in [-0.4, -0.2) is 81.1 Å². The average molecular weight is 445 g/mol. The molecule has 0 aromatic carbocycles. The summed E-state index contributed by atoms with van der Waals surface area (Å²) in [6.45, 7) is 8.64. The van der Waals surface area contributed by atoms with E-state index in [4.69, 9.17) is 9.05 Å². The molecule has 0 radical (unpaired) electrons. The van der Waals surface area contributed by atoms with Crippen molar-refractivity contribution in [3.05, 3.63) is 28.7 Å². The second-order valence-corrected chi connectivity index (χ2v) is 8.38. The van der Waals surface area contributed by atoms with E-state index >= 15 is 0 Å². The Labute approximate surface area is 187 Å². The molecular formula is C22H32N6O4. The fourth-order valence-electron chi connectivity index (χ4n) is 4.42. The molecule has 1 saturated heterocycles. The van der Waals surface area contributed by atoms with Crippen LogP contribution in [0.3, 0.4) is 0 Å². The van der Waals surface area contributed by atoms with Crippen molar-refractivity contribution < 1.29 is 18.6 Å². The predicted octanol–water partition coefficient (Wildman–Crippen LogP) is 1.70. The van der Waals surface area contributed by atoms with Crippen LogP contribution in [-0.2, 0) is 30.6 Å². The third kappa shape index (κ3) is 5.01. The van der Waals surface area contributed by atoms with Gasteiger partial charge < -0.3 is 18.8 Å². The Morgan fingerprint density at radius 2 is 1.75 bits per heavy atom. The fraction of sp³-hybridized carbons (Fsp3) is 0.682. The van der Waals surface area contributed by atoms with Crippen molar-refractivity contribution in [2.24, 2.45) is 0 Å². The minimum Gasteiger partial charge on any atom is -0.360 e. The molecule has 1 aliphatic carbocycles. The Hall–Kier alpha value is -2.75. The van der Waals surface area contributed by atoms with Crippen LogP contribution < -0.4 is 0 Å². The van der Waals surface area contributed by atoms with Gasteiger partial charge in [-0.3, -0.25) is 14.5 Å². The molecule has 0 bridgehead atoms. The van der Waals surface area contributed by atoms with E-state index in [2.05, 4.69) is 20.2 Å². The lowest BCUT2D eigenvalue weighted by molar-refractivity contribution is -0.130. The minimum atomic E-state index is -0.0312. The second-order valence-electron chi connectivity index (χ2n) is 8.38. The van der Waals surface area contributed by atoms with E-state index in [1.165, 1.54) is 0 Å². The number of aryl methyl sites for hydroxylation is 2. The van der Waals surface area contributed by atoms with Gasteiger partial charge in [0.2, 0.25) is 11.8 Å². The lowest BCUT2D eigenvalue weighted by Crippen LogP contribution is -2.48. The molecule has 3 heterocycles. The molecular weight excluding hydrogens is 412 g/mol. The van der Waals surface area contributed by atoms with Gasteiger partial charge in [-0.15, -0.1) is 0 Å². The van der Waals surface area contributed by atoms with Crippen molar-refractivity contribution in [2.75, 3.05) is 39.3 Å². The molecule has 0 N–H and O–H groups in total. The summed E-state index contributed by atoms with van der Waals surface area (Å²) in [5.74, 6) is 2.05. The van der Waals surface area contributed by atoms with E-state index in [9.17, 15) is 9.59 Å². The number of fused-ring (bicyclic) bond motifs is 1. The quantitative estimate of drug-likeness (QED) is 0.605. The van der Waals surface area contributed by atoms with Gasteiger partial charge in [-0.25, -0.2) is 0 Å². The van der Waals surface area contributed by atoms with E-state index in [-0.39, 0.29) is 11.8 Å². The normalized spacial score (nSPS) is 16.8. The molecule has 2 aliphatic rings.